The van der Waals surface area contributed by atoms with Crippen molar-refractivity contribution in [2.24, 2.45) is 0 Å². The third-order valence-corrected chi connectivity index (χ3v) is 16.7. The van der Waals surface area contributed by atoms with Gasteiger partial charge in [-0.15, -0.1) is 0 Å². The van der Waals surface area contributed by atoms with Crippen molar-refractivity contribution in [3.63, 3.8) is 0 Å². The smallest absolute Gasteiger partial charge is 0.252 e. The molecular weight excluding hydrogens is 796 g/mol. The number of nitrogens with zero attached hydrogens (tertiary/aromatic N) is 2. The highest BCUT2D eigenvalue weighted by Gasteiger charge is 2.49. The Labute approximate surface area is 396 Å². The van der Waals surface area contributed by atoms with E-state index < -0.39 is 0 Å². The van der Waals surface area contributed by atoms with Crippen LogP contribution in [0, 0.1) is 6.92 Å². The molecule has 2 heterocycles. The van der Waals surface area contributed by atoms with Gasteiger partial charge >= 0.3 is 0 Å². The molecule has 0 unspecified atom stereocenters. The molecule has 66 heavy (non-hydrogen) atoms. The molecule has 0 saturated carbocycles. The molecule has 2 aliphatic heterocycles. The first kappa shape index (κ1) is 42.8. The molecule has 2 aliphatic carbocycles. The van der Waals surface area contributed by atoms with Crippen LogP contribution in [0.4, 0.5) is 34.1 Å². The third-order valence-electron chi connectivity index (χ3n) is 16.7. The highest BCUT2D eigenvalue weighted by atomic mass is 15.2. The van der Waals surface area contributed by atoms with E-state index in [2.05, 4.69) is 247 Å². The zero-order valence-corrected chi connectivity index (χ0v) is 42.2. The van der Waals surface area contributed by atoms with Gasteiger partial charge in [0.15, 0.2) is 0 Å². The van der Waals surface area contributed by atoms with Gasteiger partial charge in [-0.1, -0.05) is 182 Å². The molecule has 0 bridgehead atoms. The number of fused-ring (bicyclic) bond motifs is 8. The number of benzene rings is 7. The second-order valence-corrected chi connectivity index (χ2v) is 24.4. The van der Waals surface area contributed by atoms with Crippen molar-refractivity contribution in [2.75, 3.05) is 9.80 Å². The summed E-state index contributed by atoms with van der Waals surface area (Å²) >= 11 is 0. The SMILES string of the molecule is Cc1cc2c3c(c1)N(c1ccc4c(c1)C(C)(C)c1ccccc1C4(C)C)c1cc4c(cc1B3c1cc(C(C)(C)C)ccc1N2c1ccc(C(C)(C)C)cc1)C(C)(C)c1ccccc1C4(C)C. The summed E-state index contributed by atoms with van der Waals surface area (Å²) in [5, 5.41) is 0. The molecule has 0 N–H and O–H groups in total. The molecule has 4 aliphatic rings. The van der Waals surface area contributed by atoms with Gasteiger partial charge in [-0.3, -0.25) is 0 Å². The molecule has 0 amide bonds. The van der Waals surface area contributed by atoms with E-state index in [-0.39, 0.29) is 39.2 Å². The van der Waals surface area contributed by atoms with Gasteiger partial charge in [0.05, 0.1) is 0 Å². The molecule has 0 aromatic heterocycles. The summed E-state index contributed by atoms with van der Waals surface area (Å²) in [7, 11) is 0. The molecule has 0 fully saturated rings. The van der Waals surface area contributed by atoms with Crippen LogP contribution in [0.5, 0.6) is 0 Å². The van der Waals surface area contributed by atoms with E-state index in [9.17, 15) is 0 Å². The number of aryl methyl sites for hydroxylation is 1. The summed E-state index contributed by atoms with van der Waals surface area (Å²) in [5.41, 5.74) is 26.3. The molecule has 7 aromatic carbocycles. The number of hydrogen-bond acceptors (Lipinski definition) is 2. The number of rotatable bonds is 2. The van der Waals surface area contributed by atoms with Crippen molar-refractivity contribution in [1.82, 2.24) is 0 Å². The third kappa shape index (κ3) is 5.87. The van der Waals surface area contributed by atoms with Gasteiger partial charge in [-0.2, -0.15) is 0 Å². The Kier molecular flexibility index (Phi) is 8.86. The van der Waals surface area contributed by atoms with Crippen molar-refractivity contribution >= 4 is 57.2 Å². The fourth-order valence-electron chi connectivity index (χ4n) is 12.8. The summed E-state index contributed by atoms with van der Waals surface area (Å²) in [6, 6.07) is 52.9. The van der Waals surface area contributed by atoms with Gasteiger partial charge in [0, 0.05) is 55.8 Å². The van der Waals surface area contributed by atoms with E-state index >= 15 is 0 Å². The number of anilines is 6. The Morgan fingerprint density at radius 2 is 0.773 bits per heavy atom. The predicted octanol–water partition coefficient (Wildman–Crippen LogP) is 14.6. The largest absolute Gasteiger partial charge is 0.311 e. The number of hydrogen-bond donors (Lipinski definition) is 0. The zero-order valence-electron chi connectivity index (χ0n) is 42.2. The van der Waals surface area contributed by atoms with Crippen LogP contribution in [-0.2, 0) is 32.5 Å². The second kappa shape index (κ2) is 13.7. The highest BCUT2D eigenvalue weighted by Crippen LogP contribution is 2.55. The molecule has 2 nitrogen and oxygen atoms in total. The quantitative estimate of drug-likeness (QED) is 0.160. The second-order valence-electron chi connectivity index (χ2n) is 24.4. The Morgan fingerprint density at radius 1 is 0.364 bits per heavy atom. The van der Waals surface area contributed by atoms with Gasteiger partial charge < -0.3 is 9.80 Å². The van der Waals surface area contributed by atoms with Crippen LogP contribution in [-0.4, -0.2) is 6.71 Å². The molecular formula is C63H67BN2. The van der Waals surface area contributed by atoms with Crippen LogP contribution in [0.3, 0.4) is 0 Å². The van der Waals surface area contributed by atoms with Crippen LogP contribution < -0.4 is 26.2 Å². The predicted molar refractivity (Wildman–Crippen MR) is 284 cm³/mol. The molecule has 332 valence electrons. The Hall–Kier alpha value is -5.80. The minimum Gasteiger partial charge on any atom is -0.311 e. The van der Waals surface area contributed by atoms with Crippen molar-refractivity contribution in [3.05, 3.63) is 195 Å². The van der Waals surface area contributed by atoms with E-state index in [1.165, 1.54) is 112 Å². The van der Waals surface area contributed by atoms with Gasteiger partial charge in [0.25, 0.3) is 6.71 Å². The molecule has 0 radical (unpaired) electrons. The first-order valence-corrected chi connectivity index (χ1v) is 24.5. The fourth-order valence-corrected chi connectivity index (χ4v) is 12.8. The van der Waals surface area contributed by atoms with Crippen molar-refractivity contribution < 1.29 is 0 Å². The first-order valence-electron chi connectivity index (χ1n) is 24.5. The standard InChI is InChI=1S/C63H67BN2/c1-38-32-55-57-56(33-38)66(42-29-30-47-48(35-42)61(10,11)44-21-17-16-20-43(44)60(47,8)9)54-37-50-49(62(12,13)45-22-18-19-23-46(45)63(50,14)15)36-52(54)64(57)51-34-40(59(5,6)7)26-31-53(51)65(55)41-27-24-39(25-28-41)58(2,3)4/h16-37H,1-15H3. The van der Waals surface area contributed by atoms with Gasteiger partial charge in [-0.05, 0) is 144 Å². The average molecular weight is 863 g/mol. The van der Waals surface area contributed by atoms with Gasteiger partial charge in [0.2, 0.25) is 0 Å². The molecule has 11 rings (SSSR count). The molecule has 0 atom stereocenters. The Bertz CT molecular complexity index is 3180. The highest BCUT2D eigenvalue weighted by molar-refractivity contribution is 7.00. The summed E-state index contributed by atoms with van der Waals surface area (Å²) in [5.74, 6) is 0. The Morgan fingerprint density at radius 3 is 1.29 bits per heavy atom. The lowest BCUT2D eigenvalue weighted by Crippen LogP contribution is -2.62. The summed E-state index contributed by atoms with van der Waals surface area (Å²) < 4.78 is 0. The summed E-state index contributed by atoms with van der Waals surface area (Å²) in [6.07, 6.45) is 0. The fraction of sp³-hybridized carbons (Fsp3) is 0.333. The van der Waals surface area contributed by atoms with E-state index in [0.717, 1.165) is 0 Å². The summed E-state index contributed by atoms with van der Waals surface area (Å²) in [4.78, 5) is 5.25. The first-order chi connectivity index (χ1) is 30.9. The lowest BCUT2D eigenvalue weighted by molar-refractivity contribution is 0.520. The van der Waals surface area contributed by atoms with Crippen LogP contribution >= 0.6 is 0 Å². The summed E-state index contributed by atoms with van der Waals surface area (Å²) in [6.45, 7) is 35.8. The zero-order chi connectivity index (χ0) is 46.8. The van der Waals surface area contributed by atoms with Crippen molar-refractivity contribution in [3.8, 4) is 0 Å². The maximum absolute atomic E-state index is 2.67. The lowest BCUT2D eigenvalue weighted by atomic mass is 9.33. The Balaban J connectivity index is 1.25. The molecule has 0 spiro atoms. The van der Waals surface area contributed by atoms with E-state index in [0.29, 0.717) is 0 Å². The van der Waals surface area contributed by atoms with Gasteiger partial charge in [-0.25, -0.2) is 0 Å². The maximum Gasteiger partial charge on any atom is 0.252 e. The van der Waals surface area contributed by atoms with Crippen LogP contribution in [0.15, 0.2) is 133 Å². The molecule has 3 heteroatoms. The van der Waals surface area contributed by atoms with Crippen LogP contribution in [0.2, 0.25) is 0 Å². The average Bonchev–Trinajstić information content (AvgIpc) is 3.26. The van der Waals surface area contributed by atoms with Crippen LogP contribution in [0.1, 0.15) is 158 Å². The van der Waals surface area contributed by atoms with Crippen molar-refractivity contribution in [1.29, 1.82) is 0 Å². The van der Waals surface area contributed by atoms with Crippen LogP contribution in [0.25, 0.3) is 0 Å². The maximum atomic E-state index is 2.67. The molecule has 0 saturated heterocycles. The van der Waals surface area contributed by atoms with E-state index in [4.69, 9.17) is 0 Å². The monoisotopic (exact) mass is 863 g/mol. The normalized spacial score (nSPS) is 17.7. The van der Waals surface area contributed by atoms with Gasteiger partial charge in [0.1, 0.15) is 0 Å². The topological polar surface area (TPSA) is 6.48 Å². The van der Waals surface area contributed by atoms with E-state index in [1.807, 2.05) is 0 Å². The molecule has 7 aromatic rings. The van der Waals surface area contributed by atoms with Crippen molar-refractivity contribution in [2.45, 2.75) is 136 Å². The van der Waals surface area contributed by atoms with E-state index in [1.54, 1.807) is 0 Å². The lowest BCUT2D eigenvalue weighted by Gasteiger charge is -2.48. The minimum atomic E-state index is -0.203. The minimum absolute atomic E-state index is 0.0190.